The van der Waals surface area contributed by atoms with Gasteiger partial charge in [-0.25, -0.2) is 0 Å². The summed E-state index contributed by atoms with van der Waals surface area (Å²) in [6.45, 7) is 0. The Bertz CT molecular complexity index is 3180. The second-order valence-corrected chi connectivity index (χ2v) is 18.5. The third-order valence-corrected chi connectivity index (χ3v) is 15.6. The molecule has 11 rings (SSSR count). The summed E-state index contributed by atoms with van der Waals surface area (Å²) in [4.78, 5) is 0. The molecule has 0 aliphatic carbocycles. The molecule has 0 fully saturated rings. The van der Waals surface area contributed by atoms with Crippen LogP contribution in [-0.2, 0) is 0 Å². The van der Waals surface area contributed by atoms with Crippen molar-refractivity contribution >= 4 is 77.5 Å². The van der Waals surface area contributed by atoms with Gasteiger partial charge >= 0.3 is 338 Å². The molecule has 2 heteroatoms. The zero-order valence-corrected chi connectivity index (χ0v) is 34.7. The van der Waals surface area contributed by atoms with Gasteiger partial charge in [-0.05, 0) is 0 Å². The number of benzene rings is 10. The van der Waals surface area contributed by atoms with Gasteiger partial charge in [-0.15, -0.1) is 0 Å². The average Bonchev–Trinajstić information content (AvgIpc) is 3.64. The van der Waals surface area contributed by atoms with E-state index >= 15 is 0 Å². The van der Waals surface area contributed by atoms with E-state index in [1.807, 2.05) is 0 Å². The van der Waals surface area contributed by atoms with E-state index < -0.39 is 15.4 Å². The summed E-state index contributed by atoms with van der Waals surface area (Å²) in [6, 6.07) is 74.8. The van der Waals surface area contributed by atoms with Crippen LogP contribution in [0.25, 0.3) is 99.1 Å². The molecule has 0 saturated heterocycles. The molecule has 0 saturated carbocycles. The van der Waals surface area contributed by atoms with Crippen LogP contribution < -0.4 is 13.2 Å². The van der Waals surface area contributed by atoms with E-state index in [9.17, 15) is 0 Å². The van der Waals surface area contributed by atoms with Crippen molar-refractivity contribution in [2.75, 3.05) is 0 Å². The van der Waals surface area contributed by atoms with Crippen LogP contribution >= 0.6 is 0 Å². The molecule has 0 spiro atoms. The van der Waals surface area contributed by atoms with Crippen molar-refractivity contribution in [1.29, 1.82) is 0 Å². The van der Waals surface area contributed by atoms with Crippen LogP contribution in [0.4, 0.5) is 0 Å². The quantitative estimate of drug-likeness (QED) is 0.120. The summed E-state index contributed by atoms with van der Waals surface area (Å²) in [5.41, 5.74) is 15.5. The molecule has 0 amide bonds. The molecule has 0 bridgehead atoms. The summed E-state index contributed by atoms with van der Waals surface area (Å²) in [5.74, 6) is 0. The van der Waals surface area contributed by atoms with Crippen LogP contribution in [0.2, 0.25) is 0 Å². The molecular formula is C54H33Ge2. The molecule has 0 unspecified atom stereocenters. The van der Waals surface area contributed by atoms with Gasteiger partial charge in [0.05, 0.1) is 0 Å². The molecule has 10 aromatic rings. The molecule has 10 aromatic carbocycles. The molecule has 56 heavy (non-hydrogen) atoms. The van der Waals surface area contributed by atoms with Gasteiger partial charge in [0.1, 0.15) is 0 Å². The van der Waals surface area contributed by atoms with Crippen molar-refractivity contribution in [2.24, 2.45) is 0 Å². The third-order valence-electron chi connectivity index (χ3n) is 11.5. The van der Waals surface area contributed by atoms with Gasteiger partial charge in [0, 0.05) is 0 Å². The van der Waals surface area contributed by atoms with Gasteiger partial charge in [0.15, 0.2) is 0 Å². The standard InChI is InChI=1S/C54H33Ge2/c55-51-28-8-6-20-41(51)37-18-10-17-36(30-37)40-22-11-24-44-49(40)33-50-42(46-26-13-27-47-43-21-7-9-29-52(43)56-54(46)47)23-12-25-45(50)53(44)38-31-35-16-4-5-19-39(35)48(32-38)34-14-2-1-3-15-34/h1-33H. The van der Waals surface area contributed by atoms with Crippen molar-refractivity contribution in [3.8, 4) is 66.8 Å². The van der Waals surface area contributed by atoms with Gasteiger partial charge in [-0.2, -0.15) is 0 Å². The van der Waals surface area contributed by atoms with Crippen molar-refractivity contribution < 1.29 is 0 Å². The van der Waals surface area contributed by atoms with Crippen molar-refractivity contribution in [2.45, 2.75) is 0 Å². The van der Waals surface area contributed by atoms with Gasteiger partial charge in [-0.3, -0.25) is 0 Å². The van der Waals surface area contributed by atoms with E-state index in [0.717, 1.165) is 0 Å². The molecule has 0 nitrogen and oxygen atoms in total. The maximum atomic E-state index is 2.50. The van der Waals surface area contributed by atoms with Crippen LogP contribution in [0.5, 0.6) is 0 Å². The van der Waals surface area contributed by atoms with Crippen LogP contribution in [0, 0.1) is 0 Å². The molecule has 257 valence electrons. The van der Waals surface area contributed by atoms with Crippen molar-refractivity contribution in [3.05, 3.63) is 200 Å². The fraction of sp³-hybridized carbons (Fsp3) is 0. The summed E-state index contributed by atoms with van der Waals surface area (Å²) in [6.07, 6.45) is 0. The normalized spacial score (nSPS) is 11.9. The van der Waals surface area contributed by atoms with Crippen LogP contribution in [-0.4, -0.2) is 31.9 Å². The van der Waals surface area contributed by atoms with Crippen molar-refractivity contribution in [1.82, 2.24) is 0 Å². The van der Waals surface area contributed by atoms with Crippen molar-refractivity contribution in [3.63, 3.8) is 0 Å². The predicted octanol–water partition coefficient (Wildman–Crippen LogP) is 11.9. The minimum absolute atomic E-state index is 0.484. The Labute approximate surface area is 342 Å². The fourth-order valence-electron chi connectivity index (χ4n) is 8.96. The maximum absolute atomic E-state index is 2.50. The molecule has 1 heterocycles. The van der Waals surface area contributed by atoms with E-state index in [4.69, 9.17) is 0 Å². The number of hydrogen-bond acceptors (Lipinski definition) is 0. The first kappa shape index (κ1) is 33.4. The van der Waals surface area contributed by atoms with Gasteiger partial charge in [0.2, 0.25) is 0 Å². The zero-order chi connectivity index (χ0) is 37.2. The second-order valence-electron chi connectivity index (χ2n) is 14.7. The molecule has 5 radical (unpaired) electrons. The Morgan fingerprint density at radius 3 is 1.68 bits per heavy atom. The molecule has 1 aliphatic rings. The third kappa shape index (κ3) is 5.51. The monoisotopic (exact) mass is 829 g/mol. The molecule has 0 aromatic heterocycles. The number of fused-ring (bicyclic) bond motifs is 6. The first-order valence-electron chi connectivity index (χ1n) is 19.2. The van der Waals surface area contributed by atoms with E-state index in [2.05, 4.69) is 217 Å². The number of rotatable bonds is 5. The van der Waals surface area contributed by atoms with Gasteiger partial charge in [-0.1, -0.05) is 6.07 Å². The zero-order valence-electron chi connectivity index (χ0n) is 30.6. The summed E-state index contributed by atoms with van der Waals surface area (Å²) >= 11 is 1.72. The molecule has 0 N–H and O–H groups in total. The minimum atomic E-state index is -0.484. The predicted molar refractivity (Wildman–Crippen MR) is 242 cm³/mol. The molecule has 1 aliphatic heterocycles. The van der Waals surface area contributed by atoms with E-state index in [0.29, 0.717) is 0 Å². The second kappa shape index (κ2) is 13.7. The topological polar surface area (TPSA) is 0 Å². The Kier molecular flexibility index (Phi) is 8.15. The van der Waals surface area contributed by atoms with Crippen LogP contribution in [0.1, 0.15) is 0 Å². The van der Waals surface area contributed by atoms with Crippen LogP contribution in [0.3, 0.4) is 0 Å². The SMILES string of the molecule is [Ge][c]1ccccc1-c1cccc(-c2cccc3c(-c4cc(-c5ccccc5)c5ccccc5c4)c4cccc(-c5cccc6[c]5[Ge][c]5ccccc5-6)c4cc23)c1. The first-order valence-corrected chi connectivity index (χ1v) is 22.3. The first-order chi connectivity index (χ1) is 27.7. The average molecular weight is 827 g/mol. The van der Waals surface area contributed by atoms with Gasteiger partial charge in [0.25, 0.3) is 0 Å². The van der Waals surface area contributed by atoms with Gasteiger partial charge < -0.3 is 0 Å². The Morgan fingerprint density at radius 1 is 0.304 bits per heavy atom. The summed E-state index contributed by atoms with van der Waals surface area (Å²) in [7, 11) is 0. The van der Waals surface area contributed by atoms with Crippen LogP contribution in [0.15, 0.2) is 200 Å². The van der Waals surface area contributed by atoms with E-state index in [1.54, 1.807) is 4.40 Å². The Balaban J connectivity index is 1.23. The van der Waals surface area contributed by atoms with E-state index in [-0.39, 0.29) is 0 Å². The van der Waals surface area contributed by atoms with E-state index in [1.165, 1.54) is 108 Å². The molecule has 0 atom stereocenters. The number of hydrogen-bond donors (Lipinski definition) is 0. The summed E-state index contributed by atoms with van der Waals surface area (Å²) < 4.78 is 4.35. The summed E-state index contributed by atoms with van der Waals surface area (Å²) in [5, 5.41) is 7.63. The molecular weight excluding hydrogens is 794 g/mol. The fourth-order valence-corrected chi connectivity index (χ4v) is 12.8. The Hall–Kier alpha value is -5.93. The Morgan fingerprint density at radius 2 is 0.857 bits per heavy atom.